The van der Waals surface area contributed by atoms with Crippen molar-refractivity contribution < 1.29 is 13.9 Å². The number of esters is 1. The van der Waals surface area contributed by atoms with Crippen LogP contribution in [0.2, 0.25) is 0 Å². The SMILES string of the molecule is Cc1ccc(C)n1-c1ccc(C(=O)OC(C)c2nnc(-c3cccs3)o2)cc1. The Kier molecular flexibility index (Phi) is 4.83. The molecule has 1 aromatic carbocycles. The molecule has 6 nitrogen and oxygen atoms in total. The molecule has 0 aliphatic carbocycles. The first kappa shape index (κ1) is 18.2. The summed E-state index contributed by atoms with van der Waals surface area (Å²) in [5, 5.41) is 9.95. The first-order valence-corrected chi connectivity index (χ1v) is 9.74. The van der Waals surface area contributed by atoms with Gasteiger partial charge >= 0.3 is 5.97 Å². The highest BCUT2D eigenvalue weighted by atomic mass is 32.1. The lowest BCUT2D eigenvalue weighted by atomic mass is 10.2. The van der Waals surface area contributed by atoms with Crippen LogP contribution in [0, 0.1) is 13.8 Å². The molecule has 0 aliphatic rings. The number of carbonyl (C=O) groups is 1. The summed E-state index contributed by atoms with van der Waals surface area (Å²) >= 11 is 1.51. The largest absolute Gasteiger partial charge is 0.449 e. The molecule has 4 aromatic rings. The fourth-order valence-electron chi connectivity index (χ4n) is 3.00. The molecular weight excluding hydrogens is 374 g/mol. The van der Waals surface area contributed by atoms with Crippen LogP contribution in [0.4, 0.5) is 0 Å². The molecule has 28 heavy (non-hydrogen) atoms. The number of nitrogens with zero attached hydrogens (tertiary/aromatic N) is 3. The Labute approximate surface area is 166 Å². The zero-order valence-corrected chi connectivity index (χ0v) is 16.6. The topological polar surface area (TPSA) is 70.2 Å². The summed E-state index contributed by atoms with van der Waals surface area (Å²) < 4.78 is 13.2. The second kappa shape index (κ2) is 7.44. The van der Waals surface area contributed by atoms with E-state index in [-0.39, 0.29) is 5.89 Å². The van der Waals surface area contributed by atoms with Crippen molar-refractivity contribution in [3.05, 3.63) is 76.8 Å². The van der Waals surface area contributed by atoms with E-state index in [0.29, 0.717) is 11.5 Å². The smallest absolute Gasteiger partial charge is 0.338 e. The molecule has 0 N–H and O–H groups in total. The van der Waals surface area contributed by atoms with E-state index in [1.807, 2.05) is 43.5 Å². The lowest BCUT2D eigenvalue weighted by Gasteiger charge is -2.12. The summed E-state index contributed by atoms with van der Waals surface area (Å²) in [6.07, 6.45) is -0.637. The second-order valence-electron chi connectivity index (χ2n) is 6.47. The molecule has 0 amide bonds. The van der Waals surface area contributed by atoms with Crippen molar-refractivity contribution in [3.8, 4) is 16.5 Å². The number of rotatable bonds is 5. The summed E-state index contributed by atoms with van der Waals surface area (Å²) in [5.74, 6) is 0.262. The zero-order valence-electron chi connectivity index (χ0n) is 15.7. The molecule has 1 unspecified atom stereocenters. The van der Waals surface area contributed by atoms with Gasteiger partial charge in [0.25, 0.3) is 11.8 Å². The van der Waals surface area contributed by atoms with Crippen molar-refractivity contribution in [2.75, 3.05) is 0 Å². The van der Waals surface area contributed by atoms with Crippen molar-refractivity contribution in [2.24, 2.45) is 0 Å². The maximum Gasteiger partial charge on any atom is 0.338 e. The molecule has 4 rings (SSSR count). The number of hydrogen-bond acceptors (Lipinski definition) is 6. The van der Waals surface area contributed by atoms with Gasteiger partial charge in [-0.3, -0.25) is 0 Å². The Hall–Kier alpha value is -3.19. The van der Waals surface area contributed by atoms with Crippen molar-refractivity contribution in [1.29, 1.82) is 0 Å². The number of ether oxygens (including phenoxy) is 1. The van der Waals surface area contributed by atoms with Gasteiger partial charge in [0.05, 0.1) is 10.4 Å². The Morgan fingerprint density at radius 2 is 1.79 bits per heavy atom. The van der Waals surface area contributed by atoms with Crippen LogP contribution in [-0.4, -0.2) is 20.7 Å². The number of hydrogen-bond donors (Lipinski definition) is 0. The first-order valence-electron chi connectivity index (χ1n) is 8.86. The number of aromatic nitrogens is 3. The van der Waals surface area contributed by atoms with E-state index in [2.05, 4.69) is 26.9 Å². The quantitative estimate of drug-likeness (QED) is 0.440. The average molecular weight is 393 g/mol. The molecule has 0 bridgehead atoms. The van der Waals surface area contributed by atoms with Crippen molar-refractivity contribution in [2.45, 2.75) is 26.9 Å². The van der Waals surface area contributed by atoms with Crippen LogP contribution in [0.25, 0.3) is 16.5 Å². The third kappa shape index (κ3) is 3.48. The van der Waals surface area contributed by atoms with Crippen LogP contribution < -0.4 is 0 Å². The van der Waals surface area contributed by atoms with Crippen molar-refractivity contribution >= 4 is 17.3 Å². The van der Waals surface area contributed by atoms with Gasteiger partial charge in [-0.1, -0.05) is 6.07 Å². The first-order chi connectivity index (χ1) is 13.5. The third-order valence-corrected chi connectivity index (χ3v) is 5.29. The number of carbonyl (C=O) groups excluding carboxylic acids is 1. The van der Waals surface area contributed by atoms with Crippen molar-refractivity contribution in [3.63, 3.8) is 0 Å². The molecule has 7 heteroatoms. The predicted octanol–water partition coefficient (Wildman–Crippen LogP) is 5.12. The summed E-state index contributed by atoms with van der Waals surface area (Å²) in [6, 6.07) is 15.3. The van der Waals surface area contributed by atoms with E-state index >= 15 is 0 Å². The van der Waals surface area contributed by atoms with Crippen LogP contribution in [0.15, 0.2) is 58.3 Å². The monoisotopic (exact) mass is 393 g/mol. The minimum absolute atomic E-state index is 0.270. The van der Waals surface area contributed by atoms with Gasteiger partial charge in [0.15, 0.2) is 6.10 Å². The Morgan fingerprint density at radius 3 is 2.43 bits per heavy atom. The van der Waals surface area contributed by atoms with Crippen LogP contribution in [0.5, 0.6) is 0 Å². The minimum atomic E-state index is -0.637. The molecular formula is C21H19N3O3S. The predicted molar refractivity (Wildman–Crippen MR) is 107 cm³/mol. The van der Waals surface area contributed by atoms with Crippen LogP contribution in [0.3, 0.4) is 0 Å². The molecule has 142 valence electrons. The molecule has 0 aliphatic heterocycles. The van der Waals surface area contributed by atoms with E-state index in [1.165, 1.54) is 11.3 Å². The Morgan fingerprint density at radius 1 is 1.07 bits per heavy atom. The third-order valence-electron chi connectivity index (χ3n) is 4.44. The Bertz CT molecular complexity index is 1080. The van der Waals surface area contributed by atoms with Crippen LogP contribution in [0.1, 0.15) is 40.7 Å². The average Bonchev–Trinajstić information content (AvgIpc) is 3.43. The maximum absolute atomic E-state index is 12.5. The van der Waals surface area contributed by atoms with E-state index in [0.717, 1.165) is 22.0 Å². The van der Waals surface area contributed by atoms with Gasteiger partial charge < -0.3 is 13.7 Å². The van der Waals surface area contributed by atoms with E-state index in [4.69, 9.17) is 9.15 Å². The maximum atomic E-state index is 12.5. The van der Waals surface area contributed by atoms with Gasteiger partial charge in [0, 0.05) is 17.1 Å². The van der Waals surface area contributed by atoms with Crippen LogP contribution >= 0.6 is 11.3 Å². The summed E-state index contributed by atoms with van der Waals surface area (Å²) in [6.45, 7) is 5.81. The molecule has 3 heterocycles. The fourth-order valence-corrected chi connectivity index (χ4v) is 3.64. The highest BCUT2D eigenvalue weighted by molar-refractivity contribution is 7.13. The summed E-state index contributed by atoms with van der Waals surface area (Å²) in [7, 11) is 0. The van der Waals surface area contributed by atoms with Gasteiger partial charge in [-0.15, -0.1) is 21.5 Å². The molecule has 0 saturated carbocycles. The lowest BCUT2D eigenvalue weighted by molar-refractivity contribution is 0.0280. The summed E-state index contributed by atoms with van der Waals surface area (Å²) in [4.78, 5) is 13.4. The van der Waals surface area contributed by atoms with E-state index < -0.39 is 12.1 Å². The number of aryl methyl sites for hydroxylation is 2. The lowest BCUT2D eigenvalue weighted by Crippen LogP contribution is -2.10. The minimum Gasteiger partial charge on any atom is -0.449 e. The molecule has 3 aromatic heterocycles. The summed E-state index contributed by atoms with van der Waals surface area (Å²) in [5.41, 5.74) is 3.75. The van der Waals surface area contributed by atoms with E-state index in [1.54, 1.807) is 19.1 Å². The molecule has 0 spiro atoms. The number of thiophene rings is 1. The number of benzene rings is 1. The zero-order chi connectivity index (χ0) is 19.7. The van der Waals surface area contributed by atoms with Gasteiger partial charge in [-0.25, -0.2) is 4.79 Å². The highest BCUT2D eigenvalue weighted by Gasteiger charge is 2.20. The molecule has 0 saturated heterocycles. The molecule has 0 fully saturated rings. The Balaban J connectivity index is 1.46. The van der Waals surface area contributed by atoms with Gasteiger partial charge in [-0.05, 0) is 68.6 Å². The van der Waals surface area contributed by atoms with Gasteiger partial charge in [0.2, 0.25) is 0 Å². The normalized spacial score (nSPS) is 12.1. The molecule has 1 atom stereocenters. The van der Waals surface area contributed by atoms with Crippen LogP contribution in [-0.2, 0) is 4.74 Å². The van der Waals surface area contributed by atoms with Gasteiger partial charge in [0.1, 0.15) is 0 Å². The standard InChI is InChI=1S/C21H19N3O3S/c1-13-6-7-14(2)24(13)17-10-8-16(9-11-17)21(25)26-15(3)19-22-23-20(27-19)18-5-4-12-28-18/h4-12,15H,1-3H3. The second-order valence-corrected chi connectivity index (χ2v) is 7.42. The van der Waals surface area contributed by atoms with Crippen molar-refractivity contribution in [1.82, 2.24) is 14.8 Å². The highest BCUT2D eigenvalue weighted by Crippen LogP contribution is 2.26. The van der Waals surface area contributed by atoms with Gasteiger partial charge in [-0.2, -0.15) is 0 Å². The van der Waals surface area contributed by atoms with E-state index in [9.17, 15) is 4.79 Å². The molecule has 0 radical (unpaired) electrons. The fraction of sp³-hybridized carbons (Fsp3) is 0.190.